The molecule has 1 amide bonds. The minimum absolute atomic E-state index is 0.161. The van der Waals surface area contributed by atoms with Crippen LogP contribution < -0.4 is 5.32 Å². The van der Waals surface area contributed by atoms with Crippen molar-refractivity contribution in [2.24, 2.45) is 0 Å². The highest BCUT2D eigenvalue weighted by molar-refractivity contribution is 5.92. The van der Waals surface area contributed by atoms with E-state index >= 15 is 0 Å². The summed E-state index contributed by atoms with van der Waals surface area (Å²) in [5, 5.41) is 6.62. The molecule has 2 rings (SSSR count). The highest BCUT2D eigenvalue weighted by Crippen LogP contribution is 2.16. The molecule has 1 heterocycles. The van der Waals surface area contributed by atoms with Crippen LogP contribution in [0.1, 0.15) is 32.5 Å². The van der Waals surface area contributed by atoms with Crippen LogP contribution in [0.3, 0.4) is 0 Å². The summed E-state index contributed by atoms with van der Waals surface area (Å²) in [6.07, 6.45) is 0. The van der Waals surface area contributed by atoms with Gasteiger partial charge >= 0.3 is 0 Å². The Bertz CT molecular complexity index is 661. The van der Waals surface area contributed by atoms with Gasteiger partial charge < -0.3 is 9.84 Å². The lowest BCUT2D eigenvalue weighted by Crippen LogP contribution is -2.45. The molecule has 0 atom stereocenters. The summed E-state index contributed by atoms with van der Waals surface area (Å²) < 4.78 is 17.9. The van der Waals surface area contributed by atoms with Crippen LogP contribution in [0.2, 0.25) is 0 Å². The van der Waals surface area contributed by atoms with Gasteiger partial charge in [0.25, 0.3) is 0 Å². The first-order valence-corrected chi connectivity index (χ1v) is 7.34. The summed E-state index contributed by atoms with van der Waals surface area (Å²) in [5.74, 6) is 0.496. The van der Waals surface area contributed by atoms with Crippen LogP contribution in [0.5, 0.6) is 0 Å². The maximum absolute atomic E-state index is 12.9. The van der Waals surface area contributed by atoms with Crippen molar-refractivity contribution < 1.29 is 13.7 Å². The molecule has 0 spiro atoms. The molecule has 0 bridgehead atoms. The molecule has 0 radical (unpaired) electrons. The number of hydrogen-bond donors (Lipinski definition) is 1. The monoisotopic (exact) mass is 320 g/mol. The number of benzene rings is 1. The Morgan fingerprint density at radius 2 is 1.96 bits per heavy atom. The molecule has 124 valence electrons. The van der Waals surface area contributed by atoms with Gasteiger partial charge in [0, 0.05) is 18.2 Å². The van der Waals surface area contributed by atoms with Gasteiger partial charge in [0.2, 0.25) is 11.8 Å². The molecule has 0 unspecified atom stereocenters. The summed E-state index contributed by atoms with van der Waals surface area (Å²) in [5.41, 5.74) is 0.301. The number of amides is 1. The second-order valence-electron chi connectivity index (χ2n) is 6.31. The summed E-state index contributed by atoms with van der Waals surface area (Å²) in [7, 11) is 0. The van der Waals surface area contributed by atoms with E-state index in [-0.39, 0.29) is 23.8 Å². The first-order valence-electron chi connectivity index (χ1n) is 7.34. The van der Waals surface area contributed by atoms with E-state index in [2.05, 4.69) is 15.5 Å². The van der Waals surface area contributed by atoms with Crippen molar-refractivity contribution in [1.82, 2.24) is 15.0 Å². The highest BCUT2D eigenvalue weighted by atomic mass is 19.1. The molecule has 23 heavy (non-hydrogen) atoms. The smallest absolute Gasteiger partial charge is 0.238 e. The van der Waals surface area contributed by atoms with Crippen LogP contribution in [0.25, 0.3) is 0 Å². The van der Waals surface area contributed by atoms with Crippen LogP contribution in [-0.4, -0.2) is 33.0 Å². The van der Waals surface area contributed by atoms with E-state index in [4.69, 9.17) is 4.52 Å². The lowest BCUT2D eigenvalue weighted by molar-refractivity contribution is -0.118. The summed E-state index contributed by atoms with van der Waals surface area (Å²) in [4.78, 5) is 18.4. The minimum atomic E-state index is -0.341. The normalized spacial score (nSPS) is 11.7. The number of halogens is 1. The van der Waals surface area contributed by atoms with Crippen molar-refractivity contribution in [1.29, 1.82) is 0 Å². The Kier molecular flexibility index (Phi) is 5.10. The summed E-state index contributed by atoms with van der Waals surface area (Å²) in [6, 6.07) is 5.66. The van der Waals surface area contributed by atoms with Gasteiger partial charge in [-0.25, -0.2) is 4.39 Å². The van der Waals surface area contributed by atoms with E-state index in [9.17, 15) is 9.18 Å². The molecule has 0 aliphatic heterocycles. The number of aromatic nitrogens is 2. The quantitative estimate of drug-likeness (QED) is 0.917. The van der Waals surface area contributed by atoms with Gasteiger partial charge in [-0.05, 0) is 45.0 Å². The van der Waals surface area contributed by atoms with Crippen molar-refractivity contribution in [3.8, 4) is 0 Å². The molecular formula is C16H21FN4O2. The molecule has 0 saturated heterocycles. The average molecular weight is 320 g/mol. The fraction of sp³-hybridized carbons (Fsp3) is 0.438. The lowest BCUT2D eigenvalue weighted by atomic mass is 10.1. The van der Waals surface area contributed by atoms with Gasteiger partial charge in [0.05, 0.1) is 13.1 Å². The molecule has 2 aromatic rings. The number of carbonyl (C=O) groups excluding carboxylic acids is 1. The third-order valence-electron chi connectivity index (χ3n) is 3.31. The predicted molar refractivity (Wildman–Crippen MR) is 84.2 cm³/mol. The van der Waals surface area contributed by atoms with E-state index in [0.717, 1.165) is 0 Å². The van der Waals surface area contributed by atoms with Crippen molar-refractivity contribution in [2.45, 2.75) is 39.8 Å². The van der Waals surface area contributed by atoms with Crippen molar-refractivity contribution in [3.63, 3.8) is 0 Å². The number of anilines is 1. The van der Waals surface area contributed by atoms with Crippen LogP contribution >= 0.6 is 0 Å². The molecule has 6 nitrogen and oxygen atoms in total. The van der Waals surface area contributed by atoms with E-state index < -0.39 is 0 Å². The molecule has 1 aromatic heterocycles. The Morgan fingerprint density at radius 1 is 1.30 bits per heavy atom. The molecule has 1 aromatic carbocycles. The van der Waals surface area contributed by atoms with Gasteiger partial charge in [-0.1, -0.05) is 5.16 Å². The fourth-order valence-electron chi connectivity index (χ4n) is 2.01. The Hall–Kier alpha value is -2.28. The molecule has 0 aliphatic carbocycles. The SMILES string of the molecule is Cc1nc(CN(CC(=O)Nc2ccc(F)cc2)C(C)(C)C)no1. The maximum Gasteiger partial charge on any atom is 0.238 e. The largest absolute Gasteiger partial charge is 0.340 e. The highest BCUT2D eigenvalue weighted by Gasteiger charge is 2.25. The fourth-order valence-corrected chi connectivity index (χ4v) is 2.01. The minimum Gasteiger partial charge on any atom is -0.340 e. The predicted octanol–water partition coefficient (Wildman–Crippen LogP) is 2.76. The average Bonchev–Trinajstić information content (AvgIpc) is 2.85. The molecule has 0 fully saturated rings. The topological polar surface area (TPSA) is 71.3 Å². The van der Waals surface area contributed by atoms with Crippen molar-refractivity contribution in [2.75, 3.05) is 11.9 Å². The summed E-state index contributed by atoms with van der Waals surface area (Å²) >= 11 is 0. The molecule has 1 N–H and O–H groups in total. The number of nitrogens with zero attached hydrogens (tertiary/aromatic N) is 3. The third kappa shape index (κ3) is 5.14. The van der Waals surface area contributed by atoms with Crippen LogP contribution in [-0.2, 0) is 11.3 Å². The molecule has 0 saturated carbocycles. The second kappa shape index (κ2) is 6.87. The van der Waals surface area contributed by atoms with Crippen LogP contribution in [0.4, 0.5) is 10.1 Å². The number of aryl methyl sites for hydroxylation is 1. The standard InChI is InChI=1S/C16H21FN4O2/c1-11-18-14(20-23-11)9-21(16(2,3)4)10-15(22)19-13-7-5-12(17)6-8-13/h5-8H,9-10H2,1-4H3,(H,19,22). The van der Waals surface area contributed by atoms with Crippen LogP contribution in [0.15, 0.2) is 28.8 Å². The van der Waals surface area contributed by atoms with E-state index in [0.29, 0.717) is 23.9 Å². The van der Waals surface area contributed by atoms with E-state index in [1.54, 1.807) is 6.92 Å². The van der Waals surface area contributed by atoms with Crippen molar-refractivity contribution >= 4 is 11.6 Å². The number of rotatable bonds is 5. The zero-order valence-corrected chi connectivity index (χ0v) is 13.8. The van der Waals surface area contributed by atoms with E-state index in [1.165, 1.54) is 24.3 Å². The van der Waals surface area contributed by atoms with Gasteiger partial charge in [0.1, 0.15) is 5.82 Å². The van der Waals surface area contributed by atoms with Gasteiger partial charge in [-0.15, -0.1) is 0 Å². The molecular weight excluding hydrogens is 299 g/mol. The van der Waals surface area contributed by atoms with E-state index in [1.807, 2.05) is 25.7 Å². The second-order valence-corrected chi connectivity index (χ2v) is 6.31. The molecule has 0 aliphatic rings. The number of nitrogens with one attached hydrogen (secondary N) is 1. The first kappa shape index (κ1) is 17.1. The van der Waals surface area contributed by atoms with Crippen molar-refractivity contribution in [3.05, 3.63) is 41.8 Å². The third-order valence-corrected chi connectivity index (χ3v) is 3.31. The first-order chi connectivity index (χ1) is 10.7. The van der Waals surface area contributed by atoms with Gasteiger partial charge in [-0.2, -0.15) is 4.98 Å². The number of carbonyl (C=O) groups is 1. The Labute approximate surface area is 134 Å². The van der Waals surface area contributed by atoms with Crippen LogP contribution in [0, 0.1) is 12.7 Å². The number of hydrogen-bond acceptors (Lipinski definition) is 5. The zero-order chi connectivity index (χ0) is 17.0. The summed E-state index contributed by atoms with van der Waals surface area (Å²) in [6.45, 7) is 8.30. The van der Waals surface area contributed by atoms with Gasteiger partial charge in [0.15, 0.2) is 5.82 Å². The lowest BCUT2D eigenvalue weighted by Gasteiger charge is -2.34. The zero-order valence-electron chi connectivity index (χ0n) is 13.8. The Morgan fingerprint density at radius 3 is 2.48 bits per heavy atom. The maximum atomic E-state index is 12.9. The Balaban J connectivity index is 2.02. The molecule has 7 heteroatoms. The van der Waals surface area contributed by atoms with Gasteiger partial charge in [-0.3, -0.25) is 9.69 Å².